The van der Waals surface area contributed by atoms with Crippen molar-refractivity contribution in [3.63, 3.8) is 0 Å². The Morgan fingerprint density at radius 1 is 1.20 bits per heavy atom. The van der Waals surface area contributed by atoms with Crippen LogP contribution >= 0.6 is 0 Å². The van der Waals surface area contributed by atoms with Crippen molar-refractivity contribution in [3.8, 4) is 11.3 Å². The number of hydrogen-bond acceptors (Lipinski definition) is 6. The number of aromatic nitrogens is 4. The molecule has 1 aromatic carbocycles. The van der Waals surface area contributed by atoms with Gasteiger partial charge in [0.1, 0.15) is 23.7 Å². The van der Waals surface area contributed by atoms with Crippen molar-refractivity contribution >= 4 is 22.5 Å². The highest BCUT2D eigenvalue weighted by atomic mass is 19.1. The molecular formula is C17H19FN6O. The summed E-state index contributed by atoms with van der Waals surface area (Å²) >= 11 is 0. The summed E-state index contributed by atoms with van der Waals surface area (Å²) in [7, 11) is 3.81. The van der Waals surface area contributed by atoms with E-state index < -0.39 is 0 Å². The number of anilines is 2. The maximum absolute atomic E-state index is 14.7. The van der Waals surface area contributed by atoms with E-state index in [-0.39, 0.29) is 5.82 Å². The molecule has 0 spiro atoms. The number of fused-ring (bicyclic) bond motifs is 1. The van der Waals surface area contributed by atoms with Gasteiger partial charge in [0, 0.05) is 32.7 Å². The van der Waals surface area contributed by atoms with Crippen molar-refractivity contribution in [1.29, 1.82) is 0 Å². The fourth-order valence-corrected chi connectivity index (χ4v) is 3.11. The molecule has 7 nitrogen and oxygen atoms in total. The quantitative estimate of drug-likeness (QED) is 0.786. The van der Waals surface area contributed by atoms with Gasteiger partial charge in [0.05, 0.1) is 24.3 Å². The summed E-state index contributed by atoms with van der Waals surface area (Å²) in [5.74, 6) is 0.477. The first-order valence-electron chi connectivity index (χ1n) is 8.14. The molecule has 1 aliphatic rings. The number of H-pyrrole nitrogens is 1. The summed E-state index contributed by atoms with van der Waals surface area (Å²) in [5, 5.41) is 8.02. The summed E-state index contributed by atoms with van der Waals surface area (Å²) < 4.78 is 20.1. The SMILES string of the molecule is CN(C)c1ncnc2[nH]nc(-c3ccc(N4CCOCC4)c(F)c3)c12. The molecule has 0 atom stereocenters. The minimum atomic E-state index is -0.265. The number of nitrogens with zero attached hydrogens (tertiary/aromatic N) is 5. The number of hydrogen-bond donors (Lipinski definition) is 1. The van der Waals surface area contributed by atoms with Crippen LogP contribution in [0.1, 0.15) is 0 Å². The van der Waals surface area contributed by atoms with E-state index in [4.69, 9.17) is 4.74 Å². The molecule has 1 saturated heterocycles. The van der Waals surface area contributed by atoms with Crippen LogP contribution in [0.2, 0.25) is 0 Å². The third-order valence-corrected chi connectivity index (χ3v) is 4.33. The van der Waals surface area contributed by atoms with Crippen LogP contribution in [0.3, 0.4) is 0 Å². The van der Waals surface area contributed by atoms with Gasteiger partial charge in [-0.3, -0.25) is 5.10 Å². The molecule has 0 amide bonds. The Morgan fingerprint density at radius 2 is 2.00 bits per heavy atom. The third-order valence-electron chi connectivity index (χ3n) is 4.33. The highest BCUT2D eigenvalue weighted by Gasteiger charge is 2.19. The van der Waals surface area contributed by atoms with Gasteiger partial charge in [0.15, 0.2) is 5.65 Å². The van der Waals surface area contributed by atoms with Crippen LogP contribution in [-0.2, 0) is 4.74 Å². The van der Waals surface area contributed by atoms with Crippen LogP contribution in [0.25, 0.3) is 22.3 Å². The molecule has 0 saturated carbocycles. The van der Waals surface area contributed by atoms with E-state index in [1.165, 1.54) is 12.4 Å². The van der Waals surface area contributed by atoms with Gasteiger partial charge in [-0.25, -0.2) is 14.4 Å². The molecular weight excluding hydrogens is 323 g/mol. The number of aromatic amines is 1. The van der Waals surface area contributed by atoms with Crippen LogP contribution in [0.4, 0.5) is 15.9 Å². The van der Waals surface area contributed by atoms with E-state index in [1.807, 2.05) is 30.0 Å². The standard InChI is InChI=1S/C17H19FN6O/c1-23(2)17-14-15(21-22-16(14)19-10-20-17)11-3-4-13(12(18)9-11)24-5-7-25-8-6-24/h3-4,9-10H,5-8H2,1-2H3,(H,19,20,21,22). The third kappa shape index (κ3) is 2.78. The van der Waals surface area contributed by atoms with E-state index in [1.54, 1.807) is 6.07 Å². The van der Waals surface area contributed by atoms with E-state index in [0.29, 0.717) is 48.9 Å². The zero-order valence-corrected chi connectivity index (χ0v) is 14.2. The lowest BCUT2D eigenvalue weighted by atomic mass is 10.1. The van der Waals surface area contributed by atoms with Crippen molar-refractivity contribution in [2.75, 3.05) is 50.2 Å². The summed E-state index contributed by atoms with van der Waals surface area (Å²) in [5.41, 5.74) is 2.56. The van der Waals surface area contributed by atoms with Gasteiger partial charge in [-0.2, -0.15) is 5.10 Å². The van der Waals surface area contributed by atoms with E-state index in [2.05, 4.69) is 20.2 Å². The monoisotopic (exact) mass is 342 g/mol. The van der Waals surface area contributed by atoms with E-state index in [0.717, 1.165) is 11.2 Å². The van der Waals surface area contributed by atoms with Gasteiger partial charge in [0.2, 0.25) is 0 Å². The highest BCUT2D eigenvalue weighted by Crippen LogP contribution is 2.33. The molecule has 1 fully saturated rings. The Bertz CT molecular complexity index is 903. The minimum absolute atomic E-state index is 0.265. The summed E-state index contributed by atoms with van der Waals surface area (Å²) in [6, 6.07) is 5.21. The maximum atomic E-state index is 14.7. The highest BCUT2D eigenvalue weighted by molar-refractivity contribution is 5.98. The van der Waals surface area contributed by atoms with E-state index in [9.17, 15) is 4.39 Å². The maximum Gasteiger partial charge on any atom is 0.161 e. The first-order chi connectivity index (χ1) is 12.1. The number of ether oxygens (including phenoxy) is 1. The van der Waals surface area contributed by atoms with Gasteiger partial charge in [-0.1, -0.05) is 6.07 Å². The van der Waals surface area contributed by atoms with Gasteiger partial charge in [-0.15, -0.1) is 0 Å². The predicted molar refractivity (Wildman–Crippen MR) is 94.4 cm³/mol. The molecule has 0 unspecified atom stereocenters. The molecule has 0 radical (unpaired) electrons. The minimum Gasteiger partial charge on any atom is -0.378 e. The summed E-state index contributed by atoms with van der Waals surface area (Å²) in [6.45, 7) is 2.63. The normalized spacial score (nSPS) is 14.9. The second-order valence-electron chi connectivity index (χ2n) is 6.15. The Kier molecular flexibility index (Phi) is 3.96. The number of morpholine rings is 1. The van der Waals surface area contributed by atoms with Crippen molar-refractivity contribution in [2.24, 2.45) is 0 Å². The van der Waals surface area contributed by atoms with Crippen molar-refractivity contribution in [1.82, 2.24) is 20.2 Å². The van der Waals surface area contributed by atoms with Gasteiger partial charge in [0.25, 0.3) is 0 Å². The molecule has 0 bridgehead atoms. The molecule has 8 heteroatoms. The zero-order chi connectivity index (χ0) is 17.4. The topological polar surface area (TPSA) is 70.2 Å². The zero-order valence-electron chi connectivity index (χ0n) is 14.2. The van der Waals surface area contributed by atoms with Gasteiger partial charge < -0.3 is 14.5 Å². The lowest BCUT2D eigenvalue weighted by Gasteiger charge is -2.29. The number of rotatable bonds is 3. The molecule has 3 aromatic rings. The van der Waals surface area contributed by atoms with Gasteiger partial charge >= 0.3 is 0 Å². The van der Waals surface area contributed by atoms with Crippen LogP contribution in [-0.4, -0.2) is 60.6 Å². The molecule has 1 aliphatic heterocycles. The average Bonchev–Trinajstić information content (AvgIpc) is 3.06. The Morgan fingerprint density at radius 3 is 2.72 bits per heavy atom. The molecule has 1 N–H and O–H groups in total. The molecule has 0 aliphatic carbocycles. The van der Waals surface area contributed by atoms with Crippen LogP contribution < -0.4 is 9.80 Å². The van der Waals surface area contributed by atoms with Crippen molar-refractivity contribution in [3.05, 3.63) is 30.3 Å². The molecule has 25 heavy (non-hydrogen) atoms. The Hall–Kier alpha value is -2.74. The molecule has 130 valence electrons. The van der Waals surface area contributed by atoms with Crippen LogP contribution in [0.15, 0.2) is 24.5 Å². The lowest BCUT2D eigenvalue weighted by Crippen LogP contribution is -2.36. The van der Waals surface area contributed by atoms with Crippen molar-refractivity contribution in [2.45, 2.75) is 0 Å². The fourth-order valence-electron chi connectivity index (χ4n) is 3.11. The summed E-state index contributed by atoms with van der Waals surface area (Å²) in [6.07, 6.45) is 1.49. The molecule has 4 rings (SSSR count). The second-order valence-corrected chi connectivity index (χ2v) is 6.15. The smallest absolute Gasteiger partial charge is 0.161 e. The number of benzene rings is 1. The molecule has 3 heterocycles. The fraction of sp³-hybridized carbons (Fsp3) is 0.353. The largest absolute Gasteiger partial charge is 0.378 e. The Labute approximate surface area is 144 Å². The van der Waals surface area contributed by atoms with E-state index >= 15 is 0 Å². The van der Waals surface area contributed by atoms with Crippen LogP contribution in [0, 0.1) is 5.82 Å². The number of nitrogens with one attached hydrogen (secondary N) is 1. The summed E-state index contributed by atoms with van der Waals surface area (Å²) in [4.78, 5) is 12.4. The average molecular weight is 342 g/mol. The predicted octanol–water partition coefficient (Wildman–Crippen LogP) is 2.06. The lowest BCUT2D eigenvalue weighted by molar-refractivity contribution is 0.122. The van der Waals surface area contributed by atoms with Crippen molar-refractivity contribution < 1.29 is 9.13 Å². The van der Waals surface area contributed by atoms with Crippen LogP contribution in [0.5, 0.6) is 0 Å². The first kappa shape index (κ1) is 15.8. The van der Waals surface area contributed by atoms with Gasteiger partial charge in [-0.05, 0) is 12.1 Å². The number of halogens is 1. The Balaban J connectivity index is 1.78. The molecule has 2 aromatic heterocycles. The first-order valence-corrected chi connectivity index (χ1v) is 8.14. The second kappa shape index (κ2) is 6.29.